The van der Waals surface area contributed by atoms with Gasteiger partial charge in [-0.1, -0.05) is 79.8 Å². The van der Waals surface area contributed by atoms with E-state index >= 15 is 0 Å². The largest absolute Gasteiger partial charge is 0.481 e. The Morgan fingerprint density at radius 2 is 1.40 bits per heavy atom. The molecule has 0 aromatic heterocycles. The zero-order valence-corrected chi connectivity index (χ0v) is 26.3. The number of carboxylic acid groups (broad SMARTS) is 3. The van der Waals surface area contributed by atoms with Crippen molar-refractivity contribution in [3.05, 3.63) is 72.9 Å². The van der Waals surface area contributed by atoms with E-state index in [-0.39, 0.29) is 37.9 Å². The van der Waals surface area contributed by atoms with Gasteiger partial charge in [0.2, 0.25) is 11.8 Å². The maximum Gasteiger partial charge on any atom is 0.322 e. The predicted octanol–water partition coefficient (Wildman–Crippen LogP) is 3.14. The Balaban J connectivity index is 5.25. The molecule has 4 atom stereocenters. The molecule has 0 spiro atoms. The Bertz CT molecular complexity index is 1100. The molecule has 0 rings (SSSR count). The number of aliphatic hydroxyl groups excluding tert-OH is 2. The fourth-order valence-electron chi connectivity index (χ4n) is 3.44. The third kappa shape index (κ3) is 25.1. The van der Waals surface area contributed by atoms with Gasteiger partial charge in [0.25, 0.3) is 0 Å². The lowest BCUT2D eigenvalue weighted by molar-refractivity contribution is -0.138. The van der Waals surface area contributed by atoms with Gasteiger partial charge in [-0.3, -0.25) is 24.0 Å². The Morgan fingerprint density at radius 1 is 0.756 bits per heavy atom. The minimum atomic E-state index is -1.29. The monoisotopic (exact) mass is 650 g/mol. The number of thioether (sulfide) groups is 1. The quantitative estimate of drug-likeness (QED) is 0.0564. The van der Waals surface area contributed by atoms with Crippen LogP contribution in [0.3, 0.4) is 0 Å². The van der Waals surface area contributed by atoms with E-state index in [1.165, 1.54) is 0 Å². The van der Waals surface area contributed by atoms with Crippen molar-refractivity contribution in [3.63, 3.8) is 0 Å². The van der Waals surface area contributed by atoms with Crippen LogP contribution in [0.4, 0.5) is 0 Å². The molecule has 0 saturated carbocycles. The van der Waals surface area contributed by atoms with Crippen LogP contribution >= 0.6 is 11.8 Å². The first kappa shape index (κ1) is 41.1. The van der Waals surface area contributed by atoms with E-state index in [0.29, 0.717) is 12.8 Å². The lowest BCUT2D eigenvalue weighted by Gasteiger charge is -2.23. The molecule has 0 aromatic carbocycles. The molecule has 45 heavy (non-hydrogen) atoms. The highest BCUT2D eigenvalue weighted by molar-refractivity contribution is 8.00. The van der Waals surface area contributed by atoms with Crippen LogP contribution in [0, 0.1) is 0 Å². The number of hydrogen-bond acceptors (Lipinski definition) is 8. The molecule has 13 heteroatoms. The molecule has 0 bridgehead atoms. The smallest absolute Gasteiger partial charge is 0.322 e. The van der Waals surface area contributed by atoms with Crippen LogP contribution in [-0.4, -0.2) is 91.1 Å². The third-order valence-corrected chi connectivity index (χ3v) is 7.13. The van der Waals surface area contributed by atoms with E-state index in [1.807, 2.05) is 43.4 Å². The molecule has 7 N–H and O–H groups in total. The standard InChI is InChI=1S/C32H46N2O10S/c1-2-3-11-15-24(35)16-12-9-7-5-4-6-8-10-13-17-27(26(36)20-21-30(40)41)45-23-25(32(44)33-22-31(42)43)34-28(37)18-14-19-29(38)39/h3-4,6-13,16-17,24-27,35-36H,2,5,14-15,18-23H2,1H3,(H,33,44)(H,34,37)(H,38,39)(H,40,41)(H,42,43)/b6-4-,9-7-,10-8+,11-3-,16-12+,17-13+/t24-,25-,26-,27+/m0/s1. The van der Waals surface area contributed by atoms with Crippen molar-refractivity contribution in [3.8, 4) is 0 Å². The fourth-order valence-corrected chi connectivity index (χ4v) is 4.65. The SMILES string of the molecule is CC/C=C\C[C@H](O)/C=C/C=C\C\C=C/C=C/C=C/[C@@H](SC[C@H](NC(=O)CCCC(=O)O)C(=O)NCC(=O)O)[C@@H](O)CCC(=O)O. The summed E-state index contributed by atoms with van der Waals surface area (Å²) in [5, 5.41) is 51.1. The third-order valence-electron chi connectivity index (χ3n) is 5.75. The van der Waals surface area contributed by atoms with Crippen LogP contribution in [0.2, 0.25) is 0 Å². The highest BCUT2D eigenvalue weighted by Crippen LogP contribution is 2.21. The van der Waals surface area contributed by atoms with Gasteiger partial charge in [-0.25, -0.2) is 0 Å². The number of aliphatic carboxylic acids is 3. The number of carboxylic acids is 3. The van der Waals surface area contributed by atoms with Gasteiger partial charge < -0.3 is 36.2 Å². The average molecular weight is 651 g/mol. The fraction of sp³-hybridized carbons (Fsp3) is 0.469. The lowest BCUT2D eigenvalue weighted by atomic mass is 10.1. The molecule has 0 aliphatic heterocycles. The highest BCUT2D eigenvalue weighted by atomic mass is 32.2. The zero-order valence-electron chi connectivity index (χ0n) is 25.5. The molecule has 0 radical (unpaired) electrons. The summed E-state index contributed by atoms with van der Waals surface area (Å²) in [6, 6.07) is -1.18. The van der Waals surface area contributed by atoms with Crippen molar-refractivity contribution < 1.29 is 49.5 Å². The van der Waals surface area contributed by atoms with E-state index in [1.54, 1.807) is 36.5 Å². The van der Waals surface area contributed by atoms with Gasteiger partial charge in [-0.15, -0.1) is 11.8 Å². The molecule has 0 unspecified atom stereocenters. The van der Waals surface area contributed by atoms with Crippen LogP contribution in [0.25, 0.3) is 0 Å². The van der Waals surface area contributed by atoms with Gasteiger partial charge in [0.1, 0.15) is 12.6 Å². The average Bonchev–Trinajstić information content (AvgIpc) is 2.97. The molecular weight excluding hydrogens is 604 g/mol. The van der Waals surface area contributed by atoms with Crippen LogP contribution in [0.15, 0.2) is 72.9 Å². The minimum absolute atomic E-state index is 0.0481. The number of nitrogens with one attached hydrogen (secondary N) is 2. The van der Waals surface area contributed by atoms with Crippen molar-refractivity contribution in [2.75, 3.05) is 12.3 Å². The summed E-state index contributed by atoms with van der Waals surface area (Å²) in [6.45, 7) is 1.35. The molecule has 0 heterocycles. The lowest BCUT2D eigenvalue weighted by Crippen LogP contribution is -2.49. The van der Waals surface area contributed by atoms with E-state index in [0.717, 1.165) is 18.2 Å². The molecule has 0 aromatic rings. The minimum Gasteiger partial charge on any atom is -0.481 e. The molecule has 0 saturated heterocycles. The first-order valence-electron chi connectivity index (χ1n) is 14.6. The summed E-state index contributed by atoms with van der Waals surface area (Å²) in [5.74, 6) is -4.89. The first-order valence-corrected chi connectivity index (χ1v) is 15.7. The second-order valence-corrected chi connectivity index (χ2v) is 10.9. The number of aliphatic hydroxyl groups is 2. The maximum absolute atomic E-state index is 12.6. The van der Waals surface area contributed by atoms with E-state index in [4.69, 9.17) is 15.3 Å². The van der Waals surface area contributed by atoms with Crippen molar-refractivity contribution in [1.29, 1.82) is 0 Å². The summed E-state index contributed by atoms with van der Waals surface area (Å²) in [5.41, 5.74) is 0. The molecule has 0 aliphatic carbocycles. The predicted molar refractivity (Wildman–Crippen MR) is 174 cm³/mol. The van der Waals surface area contributed by atoms with E-state index in [9.17, 15) is 34.2 Å². The number of carbonyl (C=O) groups excluding carboxylic acids is 2. The summed E-state index contributed by atoms with van der Waals surface area (Å²) in [4.78, 5) is 57.5. The second-order valence-electron chi connectivity index (χ2n) is 9.71. The molecule has 2 amide bonds. The molecule has 0 fully saturated rings. The molecule has 250 valence electrons. The summed E-state index contributed by atoms with van der Waals surface area (Å²) in [7, 11) is 0. The van der Waals surface area contributed by atoms with E-state index in [2.05, 4.69) is 10.6 Å². The number of allylic oxidation sites excluding steroid dienone is 9. The number of rotatable bonds is 25. The van der Waals surface area contributed by atoms with Crippen LogP contribution in [-0.2, 0) is 24.0 Å². The zero-order chi connectivity index (χ0) is 33.9. The summed E-state index contributed by atoms with van der Waals surface area (Å²) < 4.78 is 0. The molecule has 0 aliphatic rings. The Hall–Kier alpha value is -3.94. The summed E-state index contributed by atoms with van der Waals surface area (Å²) in [6.07, 6.45) is 21.5. The van der Waals surface area contributed by atoms with Crippen molar-refractivity contribution in [2.24, 2.45) is 0 Å². The van der Waals surface area contributed by atoms with Gasteiger partial charge in [0.15, 0.2) is 0 Å². The second kappa shape index (κ2) is 26.5. The van der Waals surface area contributed by atoms with E-state index < -0.39 is 59.8 Å². The number of hydrogen-bond donors (Lipinski definition) is 7. The number of carbonyl (C=O) groups is 5. The van der Waals surface area contributed by atoms with Gasteiger partial charge in [0, 0.05) is 30.3 Å². The van der Waals surface area contributed by atoms with Gasteiger partial charge in [-0.05, 0) is 32.1 Å². The summed E-state index contributed by atoms with van der Waals surface area (Å²) >= 11 is 1.07. The maximum atomic E-state index is 12.6. The Kier molecular flexibility index (Phi) is 24.1. The number of amides is 2. The topological polar surface area (TPSA) is 211 Å². The van der Waals surface area contributed by atoms with Crippen LogP contribution < -0.4 is 10.6 Å². The van der Waals surface area contributed by atoms with Gasteiger partial charge in [0.05, 0.1) is 12.2 Å². The molecular formula is C32H46N2O10S. The Morgan fingerprint density at radius 3 is 2.04 bits per heavy atom. The first-order chi connectivity index (χ1) is 21.5. The molecule has 12 nitrogen and oxygen atoms in total. The normalized spacial score (nSPS) is 14.9. The Labute approximate surface area is 268 Å². The highest BCUT2D eigenvalue weighted by Gasteiger charge is 2.25. The van der Waals surface area contributed by atoms with Gasteiger partial charge in [-0.2, -0.15) is 0 Å². The van der Waals surface area contributed by atoms with Crippen molar-refractivity contribution >= 4 is 41.5 Å². The van der Waals surface area contributed by atoms with Crippen molar-refractivity contribution in [1.82, 2.24) is 10.6 Å². The van der Waals surface area contributed by atoms with Crippen LogP contribution in [0.1, 0.15) is 58.3 Å². The van der Waals surface area contributed by atoms with Crippen LogP contribution in [0.5, 0.6) is 0 Å². The van der Waals surface area contributed by atoms with Crippen molar-refractivity contribution in [2.45, 2.75) is 81.8 Å². The van der Waals surface area contributed by atoms with Gasteiger partial charge >= 0.3 is 17.9 Å².